The van der Waals surface area contributed by atoms with Crippen LogP contribution < -0.4 is 5.32 Å². The van der Waals surface area contributed by atoms with E-state index in [1.54, 1.807) is 0 Å². The lowest BCUT2D eigenvalue weighted by atomic mass is 9.82. The molecule has 84 valence electrons. The average molecular weight is 199 g/mol. The van der Waals surface area contributed by atoms with E-state index in [1.165, 1.54) is 32.4 Å². The quantitative estimate of drug-likeness (QED) is 0.751. The smallest absolute Gasteiger partial charge is 0.0622 e. The molecule has 0 aromatic heterocycles. The molecule has 2 atom stereocenters. The summed E-state index contributed by atoms with van der Waals surface area (Å²) in [7, 11) is 1.81. The van der Waals surface area contributed by atoms with Gasteiger partial charge in [0.05, 0.1) is 5.60 Å². The Morgan fingerprint density at radius 2 is 2.14 bits per heavy atom. The van der Waals surface area contributed by atoms with Crippen molar-refractivity contribution in [1.29, 1.82) is 0 Å². The maximum absolute atomic E-state index is 5.45. The Hall–Kier alpha value is -0.0800. The predicted molar refractivity (Wildman–Crippen MR) is 60.5 cm³/mol. The molecule has 0 bridgehead atoms. The van der Waals surface area contributed by atoms with Crippen molar-refractivity contribution >= 4 is 0 Å². The molecular formula is C12H25NO. The minimum atomic E-state index is 0.0601. The Bertz CT molecular complexity index is 168. The van der Waals surface area contributed by atoms with Gasteiger partial charge in [-0.25, -0.2) is 0 Å². The van der Waals surface area contributed by atoms with E-state index in [4.69, 9.17) is 4.74 Å². The number of hydrogen-bond acceptors (Lipinski definition) is 2. The van der Waals surface area contributed by atoms with E-state index in [0.717, 1.165) is 11.8 Å². The summed E-state index contributed by atoms with van der Waals surface area (Å²) in [4.78, 5) is 0. The number of nitrogens with one attached hydrogen (secondary N) is 1. The molecule has 1 fully saturated rings. The van der Waals surface area contributed by atoms with Crippen molar-refractivity contribution in [3.05, 3.63) is 0 Å². The molecule has 0 aromatic carbocycles. The first-order valence-electron chi connectivity index (χ1n) is 5.81. The predicted octanol–water partition coefficient (Wildman–Crippen LogP) is 2.44. The second-order valence-electron chi connectivity index (χ2n) is 5.23. The molecule has 0 amide bonds. The molecule has 0 aromatic rings. The lowest BCUT2D eigenvalue weighted by Crippen LogP contribution is -2.36. The van der Waals surface area contributed by atoms with Crippen molar-refractivity contribution < 1.29 is 4.74 Å². The van der Waals surface area contributed by atoms with Gasteiger partial charge in [-0.3, -0.25) is 0 Å². The summed E-state index contributed by atoms with van der Waals surface area (Å²) in [5, 5.41) is 3.44. The Morgan fingerprint density at radius 3 is 2.71 bits per heavy atom. The fourth-order valence-corrected chi connectivity index (χ4v) is 2.13. The zero-order chi connectivity index (χ0) is 10.6. The second kappa shape index (κ2) is 5.13. The summed E-state index contributed by atoms with van der Waals surface area (Å²) in [5.74, 6) is 1.72. The van der Waals surface area contributed by atoms with Gasteiger partial charge in [-0.1, -0.05) is 6.92 Å². The van der Waals surface area contributed by atoms with Crippen LogP contribution in [-0.2, 0) is 4.74 Å². The van der Waals surface area contributed by atoms with E-state index in [2.05, 4.69) is 26.1 Å². The molecule has 0 aliphatic carbocycles. The number of ether oxygens (including phenoxy) is 1. The highest BCUT2D eigenvalue weighted by molar-refractivity contribution is 4.78. The highest BCUT2D eigenvalue weighted by Gasteiger charge is 2.24. The third kappa shape index (κ3) is 3.58. The molecule has 14 heavy (non-hydrogen) atoms. The minimum absolute atomic E-state index is 0.0601. The van der Waals surface area contributed by atoms with Crippen molar-refractivity contribution in [2.24, 2.45) is 11.8 Å². The van der Waals surface area contributed by atoms with Crippen LogP contribution in [0.25, 0.3) is 0 Å². The van der Waals surface area contributed by atoms with E-state index in [1.807, 2.05) is 7.11 Å². The van der Waals surface area contributed by atoms with E-state index in [9.17, 15) is 0 Å². The van der Waals surface area contributed by atoms with Crippen LogP contribution in [0.3, 0.4) is 0 Å². The van der Waals surface area contributed by atoms with Gasteiger partial charge in [0.1, 0.15) is 0 Å². The van der Waals surface area contributed by atoms with Gasteiger partial charge in [-0.15, -0.1) is 0 Å². The topological polar surface area (TPSA) is 21.3 Å². The van der Waals surface area contributed by atoms with Gasteiger partial charge in [-0.05, 0) is 58.0 Å². The van der Waals surface area contributed by atoms with E-state index in [-0.39, 0.29) is 5.60 Å². The fourth-order valence-electron chi connectivity index (χ4n) is 2.13. The summed E-state index contributed by atoms with van der Waals surface area (Å²) in [6, 6.07) is 0. The molecule has 1 saturated heterocycles. The van der Waals surface area contributed by atoms with Gasteiger partial charge in [0.2, 0.25) is 0 Å². The van der Waals surface area contributed by atoms with Crippen LogP contribution in [0.4, 0.5) is 0 Å². The lowest BCUT2D eigenvalue weighted by Gasteiger charge is -2.32. The van der Waals surface area contributed by atoms with Gasteiger partial charge in [0, 0.05) is 7.11 Å². The average Bonchev–Trinajstić information content (AvgIpc) is 2.17. The monoisotopic (exact) mass is 199 g/mol. The molecule has 1 rings (SSSR count). The van der Waals surface area contributed by atoms with Crippen LogP contribution in [0.1, 0.15) is 40.0 Å². The van der Waals surface area contributed by atoms with Gasteiger partial charge in [0.25, 0.3) is 0 Å². The van der Waals surface area contributed by atoms with Gasteiger partial charge >= 0.3 is 0 Å². The molecule has 0 radical (unpaired) electrons. The van der Waals surface area contributed by atoms with Crippen LogP contribution in [0.2, 0.25) is 0 Å². The fraction of sp³-hybridized carbons (Fsp3) is 1.00. The maximum atomic E-state index is 5.45. The van der Waals surface area contributed by atoms with Crippen molar-refractivity contribution in [2.75, 3.05) is 20.2 Å². The van der Waals surface area contributed by atoms with E-state index in [0.29, 0.717) is 0 Å². The minimum Gasteiger partial charge on any atom is -0.379 e. The van der Waals surface area contributed by atoms with Crippen LogP contribution in [0, 0.1) is 11.8 Å². The van der Waals surface area contributed by atoms with Crippen molar-refractivity contribution in [3.63, 3.8) is 0 Å². The van der Waals surface area contributed by atoms with Crippen molar-refractivity contribution in [2.45, 2.75) is 45.6 Å². The third-order valence-electron chi connectivity index (χ3n) is 3.63. The second-order valence-corrected chi connectivity index (χ2v) is 5.23. The van der Waals surface area contributed by atoms with E-state index >= 15 is 0 Å². The lowest BCUT2D eigenvalue weighted by molar-refractivity contribution is 0.00727. The summed E-state index contributed by atoms with van der Waals surface area (Å²) in [6.45, 7) is 9.11. The molecule has 1 aliphatic heterocycles. The third-order valence-corrected chi connectivity index (χ3v) is 3.63. The standard InChI is InChI=1S/C12H25NO/c1-10-9-13-8-6-11(10)5-7-12(2,3)14-4/h10-11,13H,5-9H2,1-4H3. The molecular weight excluding hydrogens is 174 g/mol. The van der Waals surface area contributed by atoms with Crippen molar-refractivity contribution in [3.8, 4) is 0 Å². The zero-order valence-corrected chi connectivity index (χ0v) is 10.1. The van der Waals surface area contributed by atoms with Crippen molar-refractivity contribution in [1.82, 2.24) is 5.32 Å². The maximum Gasteiger partial charge on any atom is 0.0622 e. The number of rotatable bonds is 4. The summed E-state index contributed by atoms with van der Waals surface area (Å²) in [5.41, 5.74) is 0.0601. The largest absolute Gasteiger partial charge is 0.379 e. The van der Waals surface area contributed by atoms with Gasteiger partial charge in [-0.2, -0.15) is 0 Å². The van der Waals surface area contributed by atoms with Crippen LogP contribution in [-0.4, -0.2) is 25.8 Å². The normalized spacial score (nSPS) is 29.1. The summed E-state index contributed by atoms with van der Waals surface area (Å²) in [6.07, 6.45) is 3.82. The molecule has 0 saturated carbocycles. The Kier molecular flexibility index (Phi) is 4.39. The molecule has 0 spiro atoms. The molecule has 2 heteroatoms. The highest BCUT2D eigenvalue weighted by Crippen LogP contribution is 2.27. The Balaban J connectivity index is 2.29. The number of piperidine rings is 1. The number of methoxy groups -OCH3 is 1. The Morgan fingerprint density at radius 1 is 1.43 bits per heavy atom. The summed E-state index contributed by atoms with van der Waals surface area (Å²) >= 11 is 0. The van der Waals surface area contributed by atoms with Crippen LogP contribution in [0.5, 0.6) is 0 Å². The molecule has 1 heterocycles. The van der Waals surface area contributed by atoms with E-state index < -0.39 is 0 Å². The zero-order valence-electron chi connectivity index (χ0n) is 10.1. The first-order valence-corrected chi connectivity index (χ1v) is 5.81. The number of hydrogen-bond donors (Lipinski definition) is 1. The molecule has 1 aliphatic rings. The molecule has 2 unspecified atom stereocenters. The van der Waals surface area contributed by atoms with Gasteiger partial charge in [0.15, 0.2) is 0 Å². The first kappa shape index (κ1) is 12.0. The molecule has 1 N–H and O–H groups in total. The SMILES string of the molecule is COC(C)(C)CCC1CCNCC1C. The Labute approximate surface area is 88.4 Å². The van der Waals surface area contributed by atoms with Crippen LogP contribution >= 0.6 is 0 Å². The van der Waals surface area contributed by atoms with Crippen LogP contribution in [0.15, 0.2) is 0 Å². The summed E-state index contributed by atoms with van der Waals surface area (Å²) < 4.78 is 5.45. The highest BCUT2D eigenvalue weighted by atomic mass is 16.5. The first-order chi connectivity index (χ1) is 6.55. The van der Waals surface area contributed by atoms with Gasteiger partial charge < -0.3 is 10.1 Å². The molecule has 2 nitrogen and oxygen atoms in total.